The molecule has 38 heavy (non-hydrogen) atoms. The third-order valence-corrected chi connectivity index (χ3v) is 7.54. The second kappa shape index (κ2) is 9.13. The molecule has 0 unspecified atom stereocenters. The molecule has 13 heteroatoms. The fraction of sp³-hybridized carbons (Fsp3) is 0.280. The van der Waals surface area contributed by atoms with Gasteiger partial charge in [0.1, 0.15) is 0 Å². The number of nitrogens with zero attached hydrogens (tertiary/aromatic N) is 7. The molecule has 3 N–H and O–H groups in total. The fourth-order valence-electron chi connectivity index (χ4n) is 5.26. The predicted octanol–water partition coefficient (Wildman–Crippen LogP) is 1.70. The van der Waals surface area contributed by atoms with Crippen LogP contribution in [0.4, 0.5) is 0 Å². The Morgan fingerprint density at radius 1 is 1.03 bits per heavy atom. The van der Waals surface area contributed by atoms with E-state index in [4.69, 9.17) is 5.14 Å². The van der Waals surface area contributed by atoms with Crippen molar-refractivity contribution in [1.29, 1.82) is 0 Å². The Bertz CT molecular complexity index is 1840. The van der Waals surface area contributed by atoms with Crippen molar-refractivity contribution in [1.82, 2.24) is 38.7 Å². The lowest BCUT2D eigenvalue weighted by atomic mass is 10.0. The number of hydrazine groups is 1. The lowest BCUT2D eigenvalue weighted by Gasteiger charge is -2.32. The van der Waals surface area contributed by atoms with Crippen LogP contribution in [0.25, 0.3) is 44.3 Å². The molecule has 1 atom stereocenters. The van der Waals surface area contributed by atoms with Crippen molar-refractivity contribution in [3.63, 3.8) is 0 Å². The predicted molar refractivity (Wildman–Crippen MR) is 144 cm³/mol. The zero-order chi connectivity index (χ0) is 26.6. The first-order valence-electron chi connectivity index (χ1n) is 12.2. The lowest BCUT2D eigenvalue weighted by molar-refractivity contribution is 0.154. The van der Waals surface area contributed by atoms with Crippen molar-refractivity contribution in [3.8, 4) is 22.4 Å². The number of aromatic nitrogens is 6. The molecular weight excluding hydrogens is 506 g/mol. The van der Waals surface area contributed by atoms with Crippen LogP contribution in [0.3, 0.4) is 0 Å². The van der Waals surface area contributed by atoms with Crippen molar-refractivity contribution in [2.45, 2.75) is 18.9 Å². The highest BCUT2D eigenvalue weighted by molar-refractivity contribution is 7.87. The van der Waals surface area contributed by atoms with Crippen LogP contribution in [-0.2, 0) is 24.3 Å². The number of hydrogen-bond acceptors (Lipinski definition) is 7. The minimum absolute atomic E-state index is 0.176. The highest BCUT2D eigenvalue weighted by Gasteiger charge is 2.28. The Labute approximate surface area is 218 Å². The number of nitrogens with two attached hydrogens (primary N) is 1. The number of nitrogens with one attached hydrogen (secondary N) is 1. The van der Waals surface area contributed by atoms with Gasteiger partial charge in [0.15, 0.2) is 0 Å². The van der Waals surface area contributed by atoms with Gasteiger partial charge in [-0.25, -0.2) is 14.9 Å². The highest BCUT2D eigenvalue weighted by atomic mass is 32.2. The van der Waals surface area contributed by atoms with Crippen LogP contribution in [0.2, 0.25) is 0 Å². The van der Waals surface area contributed by atoms with E-state index in [1.54, 1.807) is 38.3 Å². The molecule has 5 heterocycles. The van der Waals surface area contributed by atoms with Crippen molar-refractivity contribution in [2.24, 2.45) is 19.2 Å². The summed E-state index contributed by atoms with van der Waals surface area (Å²) in [7, 11) is -0.312. The zero-order valence-electron chi connectivity index (χ0n) is 20.9. The molecule has 1 saturated heterocycles. The van der Waals surface area contributed by atoms with Crippen LogP contribution in [0, 0.1) is 0 Å². The second-order valence-corrected chi connectivity index (χ2v) is 10.9. The van der Waals surface area contributed by atoms with Crippen LogP contribution in [0.15, 0.2) is 59.9 Å². The van der Waals surface area contributed by atoms with E-state index in [-0.39, 0.29) is 11.7 Å². The maximum Gasteiger partial charge on any atom is 0.329 e. The summed E-state index contributed by atoms with van der Waals surface area (Å²) in [5.41, 5.74) is 5.71. The molecule has 0 bridgehead atoms. The summed E-state index contributed by atoms with van der Waals surface area (Å²) in [4.78, 5) is 25.0. The van der Waals surface area contributed by atoms with Crippen molar-refractivity contribution >= 4 is 32.1 Å². The first kappa shape index (κ1) is 24.4. The van der Waals surface area contributed by atoms with Crippen molar-refractivity contribution < 1.29 is 8.42 Å². The number of imidazole rings is 1. The molecule has 12 nitrogen and oxygen atoms in total. The molecule has 1 fully saturated rings. The summed E-state index contributed by atoms with van der Waals surface area (Å²) in [6.07, 6.45) is 8.67. The van der Waals surface area contributed by atoms with Gasteiger partial charge in [0.2, 0.25) is 0 Å². The van der Waals surface area contributed by atoms with Gasteiger partial charge >= 0.3 is 5.69 Å². The van der Waals surface area contributed by atoms with Gasteiger partial charge in [0, 0.05) is 56.1 Å². The summed E-state index contributed by atoms with van der Waals surface area (Å²) < 4.78 is 28.3. The first-order valence-corrected chi connectivity index (χ1v) is 13.7. The largest absolute Gasteiger partial charge is 0.329 e. The van der Waals surface area contributed by atoms with Gasteiger partial charge in [0.25, 0.3) is 10.2 Å². The smallest absolute Gasteiger partial charge is 0.293 e. The molecule has 0 radical (unpaired) electrons. The third-order valence-electron chi connectivity index (χ3n) is 7.03. The van der Waals surface area contributed by atoms with Gasteiger partial charge in [-0.1, -0.05) is 12.1 Å². The molecule has 196 valence electrons. The number of hydrogen-bond donors (Lipinski definition) is 2. The van der Waals surface area contributed by atoms with Gasteiger partial charge in [-0.15, -0.1) is 4.83 Å². The van der Waals surface area contributed by atoms with Gasteiger partial charge in [-0.2, -0.15) is 13.5 Å². The second-order valence-electron chi connectivity index (χ2n) is 9.65. The number of pyridine rings is 2. The quantitative estimate of drug-likeness (QED) is 0.350. The van der Waals surface area contributed by atoms with Gasteiger partial charge in [-0.05, 0) is 36.6 Å². The van der Waals surface area contributed by atoms with Gasteiger partial charge in [-0.3, -0.25) is 23.8 Å². The molecule has 5 aromatic rings. The molecule has 0 saturated carbocycles. The Morgan fingerprint density at radius 3 is 2.55 bits per heavy atom. The monoisotopic (exact) mass is 533 g/mol. The number of benzene rings is 1. The Kier molecular flexibility index (Phi) is 5.87. The van der Waals surface area contributed by atoms with Crippen LogP contribution in [-0.4, -0.2) is 55.4 Å². The van der Waals surface area contributed by atoms with Gasteiger partial charge in [0.05, 0.1) is 40.7 Å². The van der Waals surface area contributed by atoms with E-state index < -0.39 is 10.2 Å². The standard InChI is InChI=1S/C25H27N9O3S/c1-31-14-18(12-29-31)21-7-6-17(11-27-21)16-5-8-22-20(10-16)24-23(13-28-22)32(2)25(35)34(24)19-4-3-9-33(15-19)30-38(26,36)37/h5-8,10-14,19,30H,3-4,9,15H2,1-2H3,(H2,26,36,37)/t19-/m1/s1. The maximum absolute atomic E-state index is 13.5. The van der Waals surface area contributed by atoms with E-state index in [2.05, 4.69) is 19.9 Å². The number of rotatable bonds is 5. The van der Waals surface area contributed by atoms with E-state index in [0.717, 1.165) is 45.2 Å². The molecular formula is C25H27N9O3S. The number of fused-ring (bicyclic) bond motifs is 3. The minimum Gasteiger partial charge on any atom is -0.293 e. The Hall–Kier alpha value is -3.91. The van der Waals surface area contributed by atoms with Crippen LogP contribution in [0.1, 0.15) is 18.9 Å². The van der Waals surface area contributed by atoms with Crippen molar-refractivity contribution in [2.75, 3.05) is 13.1 Å². The Balaban J connectivity index is 1.45. The average Bonchev–Trinajstić information content (AvgIpc) is 3.44. The van der Waals surface area contributed by atoms with Crippen LogP contribution < -0.4 is 15.7 Å². The third kappa shape index (κ3) is 4.39. The van der Waals surface area contributed by atoms with Gasteiger partial charge < -0.3 is 0 Å². The highest BCUT2D eigenvalue weighted by Crippen LogP contribution is 2.32. The summed E-state index contributed by atoms with van der Waals surface area (Å²) >= 11 is 0. The average molecular weight is 534 g/mol. The van der Waals surface area contributed by atoms with Crippen molar-refractivity contribution in [3.05, 3.63) is 65.6 Å². The maximum atomic E-state index is 13.5. The molecule has 1 aliphatic heterocycles. The molecule has 0 spiro atoms. The topological polar surface area (TPSA) is 146 Å². The summed E-state index contributed by atoms with van der Waals surface area (Å²) in [5, 5.41) is 11.8. The van der Waals surface area contributed by atoms with Crippen LogP contribution in [0.5, 0.6) is 0 Å². The SMILES string of the molecule is Cn1cc(-c2ccc(-c3ccc4ncc5c(c4c3)n([C@@H]3CCCN(NS(N)(=O)=O)C3)c(=O)n5C)cn2)cn1. The minimum atomic E-state index is -3.90. The molecule has 0 amide bonds. The summed E-state index contributed by atoms with van der Waals surface area (Å²) in [5.74, 6) is 0. The first-order chi connectivity index (χ1) is 18.2. The lowest BCUT2D eigenvalue weighted by Crippen LogP contribution is -2.50. The fourth-order valence-corrected chi connectivity index (χ4v) is 5.79. The van der Waals surface area contributed by atoms with E-state index >= 15 is 0 Å². The number of piperidine rings is 1. The van der Waals surface area contributed by atoms with E-state index in [0.29, 0.717) is 25.0 Å². The number of aryl methyl sites for hydroxylation is 2. The van der Waals surface area contributed by atoms with E-state index in [1.165, 1.54) is 0 Å². The Morgan fingerprint density at radius 2 is 1.84 bits per heavy atom. The molecule has 4 aromatic heterocycles. The normalized spacial score (nSPS) is 17.0. The van der Waals surface area contributed by atoms with Crippen LogP contribution >= 0.6 is 0 Å². The summed E-state index contributed by atoms with van der Waals surface area (Å²) in [6.45, 7) is 0.833. The molecule has 1 aromatic carbocycles. The molecule has 0 aliphatic carbocycles. The zero-order valence-corrected chi connectivity index (χ0v) is 21.8. The summed E-state index contributed by atoms with van der Waals surface area (Å²) in [6, 6.07) is 9.69. The molecule has 1 aliphatic rings. The van der Waals surface area contributed by atoms with E-state index in [9.17, 15) is 13.2 Å². The van der Waals surface area contributed by atoms with E-state index in [1.807, 2.05) is 49.8 Å². The molecule has 6 rings (SSSR count).